The van der Waals surface area contributed by atoms with Crippen molar-refractivity contribution in [3.05, 3.63) is 0 Å². The third-order valence-electron chi connectivity index (χ3n) is 3.40. The summed E-state index contributed by atoms with van der Waals surface area (Å²) >= 11 is 0. The molecule has 2 rings (SSSR count). The van der Waals surface area contributed by atoms with Crippen LogP contribution >= 0.6 is 0 Å². The molecule has 15 heavy (non-hydrogen) atoms. The number of rotatable bonds is 2. The van der Waals surface area contributed by atoms with Crippen LogP contribution in [0.15, 0.2) is 0 Å². The van der Waals surface area contributed by atoms with Crippen LogP contribution in [-0.2, 0) is 14.3 Å². The molecule has 1 saturated carbocycles. The fraction of sp³-hybridized carbons (Fsp3) is 0.900. The number of carboxylic acids is 1. The molecule has 0 aromatic heterocycles. The summed E-state index contributed by atoms with van der Waals surface area (Å²) in [5, 5.41) is 8.80. The fourth-order valence-corrected chi connectivity index (χ4v) is 2.43. The van der Waals surface area contributed by atoms with Crippen molar-refractivity contribution in [2.45, 2.75) is 37.5 Å². The summed E-state index contributed by atoms with van der Waals surface area (Å²) in [5.74, 6) is -1.28. The zero-order valence-electron chi connectivity index (χ0n) is 8.65. The molecule has 86 valence electrons. The maximum atomic E-state index is 10.7. The molecule has 0 unspecified atom stereocenters. The van der Waals surface area contributed by atoms with E-state index in [0.29, 0.717) is 13.2 Å². The first-order valence-electron chi connectivity index (χ1n) is 5.39. The van der Waals surface area contributed by atoms with Gasteiger partial charge in [0.2, 0.25) is 0 Å². The predicted octanol–water partition coefficient (Wildman–Crippen LogP) is 0.332. The van der Waals surface area contributed by atoms with Crippen molar-refractivity contribution in [1.82, 2.24) is 0 Å². The zero-order chi connectivity index (χ0) is 10.9. The molecule has 0 amide bonds. The van der Waals surface area contributed by atoms with Crippen LogP contribution in [0.4, 0.5) is 0 Å². The van der Waals surface area contributed by atoms with E-state index in [2.05, 4.69) is 0 Å². The second kappa shape index (κ2) is 4.08. The third-order valence-corrected chi connectivity index (χ3v) is 3.40. The van der Waals surface area contributed by atoms with E-state index in [4.69, 9.17) is 20.3 Å². The van der Waals surface area contributed by atoms with Crippen LogP contribution in [0.1, 0.15) is 25.7 Å². The average molecular weight is 215 g/mol. The van der Waals surface area contributed by atoms with Gasteiger partial charge in [-0.15, -0.1) is 0 Å². The lowest BCUT2D eigenvalue weighted by Crippen LogP contribution is -2.44. The number of ether oxygens (including phenoxy) is 2. The van der Waals surface area contributed by atoms with Gasteiger partial charge in [0.15, 0.2) is 5.79 Å². The van der Waals surface area contributed by atoms with E-state index in [1.54, 1.807) is 0 Å². The lowest BCUT2D eigenvalue weighted by atomic mass is 9.81. The second-order valence-electron chi connectivity index (χ2n) is 4.31. The lowest BCUT2D eigenvalue weighted by molar-refractivity contribution is -0.184. The molecule has 0 bridgehead atoms. The Balaban J connectivity index is 1.89. The summed E-state index contributed by atoms with van der Waals surface area (Å²) in [7, 11) is 0. The largest absolute Gasteiger partial charge is 0.480 e. The highest BCUT2D eigenvalue weighted by molar-refractivity contribution is 5.73. The van der Waals surface area contributed by atoms with Gasteiger partial charge in [0.1, 0.15) is 6.04 Å². The minimum atomic E-state index is -0.913. The van der Waals surface area contributed by atoms with Crippen molar-refractivity contribution in [3.8, 4) is 0 Å². The van der Waals surface area contributed by atoms with E-state index in [1.165, 1.54) is 0 Å². The molecule has 1 aliphatic carbocycles. The Morgan fingerprint density at radius 2 is 1.87 bits per heavy atom. The van der Waals surface area contributed by atoms with Crippen LogP contribution in [0.5, 0.6) is 0 Å². The first kappa shape index (κ1) is 10.9. The molecule has 1 spiro atoms. The molecule has 0 radical (unpaired) electrons. The normalized spacial score (nSPS) is 28.1. The summed E-state index contributed by atoms with van der Waals surface area (Å²) in [5.41, 5.74) is 5.60. The van der Waals surface area contributed by atoms with Crippen LogP contribution in [0.2, 0.25) is 0 Å². The number of nitrogens with two attached hydrogens (primary N) is 1. The summed E-state index contributed by atoms with van der Waals surface area (Å²) in [4.78, 5) is 10.7. The van der Waals surface area contributed by atoms with Crippen molar-refractivity contribution in [2.24, 2.45) is 11.7 Å². The van der Waals surface area contributed by atoms with Gasteiger partial charge in [0, 0.05) is 12.8 Å². The van der Waals surface area contributed by atoms with Gasteiger partial charge in [-0.2, -0.15) is 0 Å². The van der Waals surface area contributed by atoms with Crippen molar-refractivity contribution in [2.75, 3.05) is 13.2 Å². The molecule has 2 aliphatic rings. The van der Waals surface area contributed by atoms with Gasteiger partial charge in [0.25, 0.3) is 0 Å². The number of aliphatic carboxylic acids is 1. The molecule has 0 aromatic carbocycles. The Kier molecular flexibility index (Phi) is 2.95. The smallest absolute Gasteiger partial charge is 0.320 e. The summed E-state index contributed by atoms with van der Waals surface area (Å²) in [6.45, 7) is 1.30. The molecule has 2 fully saturated rings. The van der Waals surface area contributed by atoms with E-state index in [1.807, 2.05) is 0 Å². The highest BCUT2D eigenvalue weighted by atomic mass is 16.7. The predicted molar refractivity (Wildman–Crippen MR) is 52.2 cm³/mol. The standard InChI is InChI=1S/C10H17NO4/c11-8(9(12)13)7-1-3-10(4-2-7)14-5-6-15-10/h7-8H,1-6,11H2,(H,12,13)/t8-/m0/s1. The molecule has 3 N–H and O–H groups in total. The Labute approximate surface area is 88.5 Å². The zero-order valence-corrected chi connectivity index (χ0v) is 8.65. The molecular weight excluding hydrogens is 198 g/mol. The summed E-state index contributed by atoms with van der Waals surface area (Å²) < 4.78 is 11.1. The van der Waals surface area contributed by atoms with Gasteiger partial charge in [0.05, 0.1) is 13.2 Å². The second-order valence-corrected chi connectivity index (χ2v) is 4.31. The average Bonchev–Trinajstić information content (AvgIpc) is 2.67. The summed E-state index contributed by atoms with van der Waals surface area (Å²) in [6.07, 6.45) is 3.07. The van der Waals surface area contributed by atoms with Crippen LogP contribution < -0.4 is 5.73 Å². The van der Waals surface area contributed by atoms with E-state index in [9.17, 15) is 4.79 Å². The molecular formula is C10H17NO4. The number of hydrogen-bond acceptors (Lipinski definition) is 4. The topological polar surface area (TPSA) is 81.8 Å². The van der Waals surface area contributed by atoms with Crippen molar-refractivity contribution in [1.29, 1.82) is 0 Å². The third kappa shape index (κ3) is 2.14. The van der Waals surface area contributed by atoms with Gasteiger partial charge in [-0.3, -0.25) is 4.79 Å². The molecule has 5 heteroatoms. The van der Waals surface area contributed by atoms with E-state index in [-0.39, 0.29) is 5.92 Å². The highest BCUT2D eigenvalue weighted by Crippen LogP contribution is 2.38. The monoisotopic (exact) mass is 215 g/mol. The molecule has 5 nitrogen and oxygen atoms in total. The van der Waals surface area contributed by atoms with E-state index in [0.717, 1.165) is 25.7 Å². The van der Waals surface area contributed by atoms with Crippen molar-refractivity contribution >= 4 is 5.97 Å². The molecule has 1 aliphatic heterocycles. The first-order chi connectivity index (χ1) is 7.13. The van der Waals surface area contributed by atoms with Crippen LogP contribution in [0, 0.1) is 5.92 Å². The Bertz CT molecular complexity index is 240. The van der Waals surface area contributed by atoms with Gasteiger partial charge in [-0.25, -0.2) is 0 Å². The van der Waals surface area contributed by atoms with Crippen molar-refractivity contribution < 1.29 is 19.4 Å². The first-order valence-corrected chi connectivity index (χ1v) is 5.39. The molecule has 0 aromatic rings. The van der Waals surface area contributed by atoms with E-state index < -0.39 is 17.8 Å². The molecule has 1 atom stereocenters. The quantitative estimate of drug-likeness (QED) is 0.693. The van der Waals surface area contributed by atoms with E-state index >= 15 is 0 Å². The highest BCUT2D eigenvalue weighted by Gasteiger charge is 2.42. The van der Waals surface area contributed by atoms with Gasteiger partial charge in [-0.05, 0) is 18.8 Å². The Morgan fingerprint density at radius 1 is 1.33 bits per heavy atom. The minimum Gasteiger partial charge on any atom is -0.480 e. The van der Waals surface area contributed by atoms with Crippen LogP contribution in [0.3, 0.4) is 0 Å². The summed E-state index contributed by atoms with van der Waals surface area (Å²) in [6, 6.07) is -0.747. The number of carboxylic acid groups (broad SMARTS) is 1. The lowest BCUT2D eigenvalue weighted by Gasteiger charge is -2.36. The Morgan fingerprint density at radius 3 is 2.33 bits per heavy atom. The number of carbonyl (C=O) groups is 1. The molecule has 1 heterocycles. The maximum Gasteiger partial charge on any atom is 0.320 e. The SMILES string of the molecule is N[C@H](C(=O)O)C1CCC2(CC1)OCCO2. The Hall–Kier alpha value is -0.650. The van der Waals surface area contributed by atoms with Gasteiger partial charge in [-0.1, -0.05) is 0 Å². The van der Waals surface area contributed by atoms with Gasteiger partial charge >= 0.3 is 5.97 Å². The maximum absolute atomic E-state index is 10.7. The number of hydrogen-bond donors (Lipinski definition) is 2. The van der Waals surface area contributed by atoms with Crippen molar-refractivity contribution in [3.63, 3.8) is 0 Å². The minimum absolute atomic E-state index is 0.0564. The van der Waals surface area contributed by atoms with Crippen LogP contribution in [0.25, 0.3) is 0 Å². The fourth-order valence-electron chi connectivity index (χ4n) is 2.43. The molecule has 1 saturated heterocycles. The van der Waals surface area contributed by atoms with Gasteiger partial charge < -0.3 is 20.3 Å². The van der Waals surface area contributed by atoms with Crippen LogP contribution in [-0.4, -0.2) is 36.1 Å².